The summed E-state index contributed by atoms with van der Waals surface area (Å²) in [5, 5.41) is 0. The van der Waals surface area contributed by atoms with Gasteiger partial charge in [0.2, 0.25) is 5.95 Å². The van der Waals surface area contributed by atoms with Crippen molar-refractivity contribution >= 4 is 17.0 Å². The molecule has 0 amide bonds. The number of hydrogen-bond donors (Lipinski definition) is 3. The summed E-state index contributed by atoms with van der Waals surface area (Å²) >= 11 is 0. The molecule has 0 radical (unpaired) electrons. The van der Waals surface area contributed by atoms with Crippen LogP contribution >= 0.6 is 0 Å². The quantitative estimate of drug-likeness (QED) is 0.492. The molecule has 4 nitrogen and oxygen atoms in total. The van der Waals surface area contributed by atoms with Crippen molar-refractivity contribution in [3.05, 3.63) is 23.8 Å². The van der Waals surface area contributed by atoms with Crippen LogP contribution in [0.4, 0.5) is 5.95 Å². The molecule has 2 aromatic rings. The molecular formula is C11H16N4. The Bertz CT molecular complexity index is 479. The fraction of sp³-hybridized carbons (Fsp3) is 0.364. The van der Waals surface area contributed by atoms with E-state index in [1.54, 1.807) is 0 Å². The number of hydrogen-bond acceptors (Lipinski definition) is 3. The molecular weight excluding hydrogens is 188 g/mol. The second-order valence-electron chi connectivity index (χ2n) is 4.71. The summed E-state index contributed by atoms with van der Waals surface area (Å²) in [6, 6.07) is 6.22. The van der Waals surface area contributed by atoms with E-state index in [2.05, 4.69) is 48.3 Å². The number of anilines is 1. The van der Waals surface area contributed by atoms with Gasteiger partial charge in [-0.2, -0.15) is 0 Å². The van der Waals surface area contributed by atoms with Gasteiger partial charge in [0.25, 0.3) is 0 Å². The van der Waals surface area contributed by atoms with Gasteiger partial charge in [0.05, 0.1) is 11.0 Å². The number of aromatic nitrogens is 2. The van der Waals surface area contributed by atoms with Crippen LogP contribution in [0.5, 0.6) is 0 Å². The Morgan fingerprint density at radius 3 is 2.67 bits per heavy atom. The molecule has 0 saturated carbocycles. The number of imidazole rings is 1. The molecule has 1 heterocycles. The fourth-order valence-electron chi connectivity index (χ4n) is 1.54. The average Bonchev–Trinajstić information content (AvgIpc) is 2.57. The smallest absolute Gasteiger partial charge is 0.215 e. The van der Waals surface area contributed by atoms with Crippen molar-refractivity contribution in [1.29, 1.82) is 0 Å². The summed E-state index contributed by atoms with van der Waals surface area (Å²) in [5.74, 6) is 5.89. The Kier molecular flexibility index (Phi) is 2.16. The SMILES string of the molecule is CC(C)(C)c1ccc2nc(NN)[nH]c2c1. The standard InChI is InChI=1S/C11H16N4/c1-11(2,3)7-4-5-8-9(6-7)14-10(13-8)15-12/h4-6H,12H2,1-3H3,(H2,13,14,15). The van der Waals surface area contributed by atoms with Crippen LogP contribution in [-0.4, -0.2) is 9.97 Å². The molecule has 0 aliphatic rings. The van der Waals surface area contributed by atoms with Gasteiger partial charge in [-0.3, -0.25) is 5.43 Å². The first kappa shape index (κ1) is 9.98. The minimum absolute atomic E-state index is 0.148. The minimum atomic E-state index is 0.148. The zero-order valence-electron chi connectivity index (χ0n) is 9.26. The van der Waals surface area contributed by atoms with Crippen molar-refractivity contribution < 1.29 is 0 Å². The van der Waals surface area contributed by atoms with E-state index in [9.17, 15) is 0 Å². The third kappa shape index (κ3) is 1.80. The average molecular weight is 204 g/mol. The normalized spacial score (nSPS) is 12.0. The van der Waals surface area contributed by atoms with Crippen LogP contribution < -0.4 is 11.3 Å². The number of nitrogens with one attached hydrogen (secondary N) is 2. The van der Waals surface area contributed by atoms with Crippen LogP contribution in [0.1, 0.15) is 26.3 Å². The number of benzene rings is 1. The van der Waals surface area contributed by atoms with E-state index in [1.807, 2.05) is 6.07 Å². The Morgan fingerprint density at radius 2 is 2.07 bits per heavy atom. The predicted octanol–water partition coefficient (Wildman–Crippen LogP) is 2.15. The number of fused-ring (bicyclic) bond motifs is 1. The van der Waals surface area contributed by atoms with E-state index in [4.69, 9.17) is 5.84 Å². The zero-order valence-corrected chi connectivity index (χ0v) is 9.26. The summed E-state index contributed by atoms with van der Waals surface area (Å²) in [7, 11) is 0. The lowest BCUT2D eigenvalue weighted by molar-refractivity contribution is 0.591. The second-order valence-corrected chi connectivity index (χ2v) is 4.71. The molecule has 0 fully saturated rings. The van der Waals surface area contributed by atoms with Gasteiger partial charge >= 0.3 is 0 Å². The number of nitrogen functional groups attached to an aromatic ring is 1. The molecule has 80 valence electrons. The highest BCUT2D eigenvalue weighted by molar-refractivity contribution is 5.78. The van der Waals surface area contributed by atoms with Crippen molar-refractivity contribution in [3.63, 3.8) is 0 Å². The third-order valence-corrected chi connectivity index (χ3v) is 2.48. The van der Waals surface area contributed by atoms with Crippen molar-refractivity contribution in [2.45, 2.75) is 26.2 Å². The van der Waals surface area contributed by atoms with Crippen molar-refractivity contribution in [3.8, 4) is 0 Å². The maximum Gasteiger partial charge on any atom is 0.215 e. The van der Waals surface area contributed by atoms with Gasteiger partial charge < -0.3 is 4.98 Å². The fourth-order valence-corrected chi connectivity index (χ4v) is 1.54. The van der Waals surface area contributed by atoms with Crippen molar-refractivity contribution in [2.24, 2.45) is 5.84 Å². The highest BCUT2D eigenvalue weighted by Gasteiger charge is 2.14. The molecule has 0 saturated heterocycles. The first-order valence-corrected chi connectivity index (χ1v) is 4.97. The van der Waals surface area contributed by atoms with E-state index in [1.165, 1.54) is 5.56 Å². The van der Waals surface area contributed by atoms with Gasteiger partial charge in [-0.1, -0.05) is 26.8 Å². The summed E-state index contributed by atoms with van der Waals surface area (Å²) in [4.78, 5) is 7.37. The van der Waals surface area contributed by atoms with Crippen molar-refractivity contribution in [2.75, 3.05) is 5.43 Å². The van der Waals surface area contributed by atoms with Crippen LogP contribution in [0, 0.1) is 0 Å². The van der Waals surface area contributed by atoms with E-state index < -0.39 is 0 Å². The maximum atomic E-state index is 5.29. The van der Waals surface area contributed by atoms with Crippen LogP contribution in [0.2, 0.25) is 0 Å². The topological polar surface area (TPSA) is 66.7 Å². The molecule has 15 heavy (non-hydrogen) atoms. The van der Waals surface area contributed by atoms with Crippen LogP contribution in [-0.2, 0) is 5.41 Å². The molecule has 0 bridgehead atoms. The summed E-state index contributed by atoms with van der Waals surface area (Å²) in [6.07, 6.45) is 0. The predicted molar refractivity (Wildman–Crippen MR) is 62.6 cm³/mol. The highest BCUT2D eigenvalue weighted by Crippen LogP contribution is 2.25. The molecule has 0 atom stereocenters. The molecule has 0 aliphatic carbocycles. The molecule has 4 heteroatoms. The first-order chi connectivity index (χ1) is 7.00. The highest BCUT2D eigenvalue weighted by atomic mass is 15.3. The Morgan fingerprint density at radius 1 is 1.33 bits per heavy atom. The summed E-state index contributed by atoms with van der Waals surface area (Å²) in [5.41, 5.74) is 5.87. The number of hydrazine groups is 1. The Labute approximate surface area is 88.9 Å². The number of H-pyrrole nitrogens is 1. The van der Waals surface area contributed by atoms with E-state index in [0.717, 1.165) is 11.0 Å². The lowest BCUT2D eigenvalue weighted by Crippen LogP contribution is -2.10. The van der Waals surface area contributed by atoms with Crippen molar-refractivity contribution in [1.82, 2.24) is 9.97 Å². The first-order valence-electron chi connectivity index (χ1n) is 4.97. The molecule has 0 aliphatic heterocycles. The third-order valence-electron chi connectivity index (χ3n) is 2.48. The van der Waals surface area contributed by atoms with E-state index >= 15 is 0 Å². The molecule has 4 N–H and O–H groups in total. The van der Waals surface area contributed by atoms with Crippen LogP contribution in [0.25, 0.3) is 11.0 Å². The Balaban J connectivity index is 2.55. The summed E-state index contributed by atoms with van der Waals surface area (Å²) < 4.78 is 0. The van der Waals surface area contributed by atoms with Gasteiger partial charge in [0, 0.05) is 0 Å². The van der Waals surface area contributed by atoms with Gasteiger partial charge in [0.15, 0.2) is 0 Å². The van der Waals surface area contributed by atoms with Crippen LogP contribution in [0.15, 0.2) is 18.2 Å². The monoisotopic (exact) mass is 204 g/mol. The largest absolute Gasteiger partial charge is 0.323 e. The summed E-state index contributed by atoms with van der Waals surface area (Å²) in [6.45, 7) is 6.56. The molecule has 2 rings (SSSR count). The molecule has 0 spiro atoms. The van der Waals surface area contributed by atoms with Crippen LogP contribution in [0.3, 0.4) is 0 Å². The Hall–Kier alpha value is -1.55. The lowest BCUT2D eigenvalue weighted by atomic mass is 9.87. The van der Waals surface area contributed by atoms with Gasteiger partial charge in [-0.25, -0.2) is 10.8 Å². The minimum Gasteiger partial charge on any atom is -0.323 e. The van der Waals surface area contributed by atoms with Gasteiger partial charge in [0.1, 0.15) is 0 Å². The number of aromatic amines is 1. The second kappa shape index (κ2) is 3.24. The van der Waals surface area contributed by atoms with E-state index in [0.29, 0.717) is 5.95 Å². The molecule has 0 unspecified atom stereocenters. The lowest BCUT2D eigenvalue weighted by Gasteiger charge is -2.18. The maximum absolute atomic E-state index is 5.29. The zero-order chi connectivity index (χ0) is 11.1. The molecule has 1 aromatic carbocycles. The van der Waals surface area contributed by atoms with Gasteiger partial charge in [-0.05, 0) is 23.1 Å². The van der Waals surface area contributed by atoms with Gasteiger partial charge in [-0.15, -0.1) is 0 Å². The number of nitrogens with two attached hydrogens (primary N) is 1. The molecule has 1 aromatic heterocycles. The number of rotatable bonds is 1. The van der Waals surface area contributed by atoms with E-state index in [-0.39, 0.29) is 5.41 Å². The number of nitrogens with zero attached hydrogens (tertiary/aromatic N) is 1.